The minimum absolute atomic E-state index is 0.0743. The number of hydrogen-bond acceptors (Lipinski definition) is 1. The topological polar surface area (TPSA) is 29.1 Å². The van der Waals surface area contributed by atoms with Gasteiger partial charge in [0.25, 0.3) is 0 Å². The summed E-state index contributed by atoms with van der Waals surface area (Å²) in [6.07, 6.45) is 3.99. The number of hydrogen-bond donors (Lipinski definition) is 1. The highest BCUT2D eigenvalue weighted by Gasteiger charge is 1.99. The Hall–Kier alpha value is -1.02. The average Bonchev–Trinajstić information content (AvgIpc) is 2.00. The number of rotatable bonds is 5. The summed E-state index contributed by atoms with van der Waals surface area (Å²) in [5.74, 6) is 0. The van der Waals surface area contributed by atoms with E-state index >= 15 is 0 Å². The Bertz CT molecular complexity index is 221. The van der Waals surface area contributed by atoms with Crippen LogP contribution in [-0.2, 0) is 4.79 Å². The van der Waals surface area contributed by atoms with E-state index in [0.29, 0.717) is 11.4 Å². The highest BCUT2D eigenvalue weighted by Crippen LogP contribution is 2.04. The van der Waals surface area contributed by atoms with Crippen LogP contribution in [0.4, 0.5) is 0 Å². The van der Waals surface area contributed by atoms with E-state index in [-0.39, 0.29) is 6.04 Å². The van der Waals surface area contributed by atoms with Gasteiger partial charge in [-0.1, -0.05) is 30.8 Å². The van der Waals surface area contributed by atoms with Crippen LogP contribution >= 0.6 is 11.6 Å². The lowest BCUT2D eigenvalue weighted by Crippen LogP contribution is -2.25. The number of carbonyl (C=O) groups is 1. The molecule has 0 aromatic rings. The summed E-state index contributed by atoms with van der Waals surface area (Å²) in [7, 11) is 0. The van der Waals surface area contributed by atoms with Gasteiger partial charge in [-0.15, -0.1) is 0 Å². The van der Waals surface area contributed by atoms with Crippen molar-refractivity contribution >= 4 is 18.0 Å². The third-order valence-electron chi connectivity index (χ3n) is 1.35. The molecule has 0 aromatic heterocycles. The van der Waals surface area contributed by atoms with Gasteiger partial charge in [-0.05, 0) is 18.6 Å². The lowest BCUT2D eigenvalue weighted by atomic mass is 10.1. The van der Waals surface area contributed by atoms with Gasteiger partial charge in [-0.25, -0.2) is 0 Å². The first-order chi connectivity index (χ1) is 5.57. The largest absolute Gasteiger partial charge is 0.352 e. The summed E-state index contributed by atoms with van der Waals surface area (Å²) in [5.41, 5.74) is 0.781. The second kappa shape index (κ2) is 5.61. The van der Waals surface area contributed by atoms with Crippen molar-refractivity contribution in [3.05, 3.63) is 35.9 Å². The summed E-state index contributed by atoms with van der Waals surface area (Å²) in [6, 6.07) is -0.0743. The molecule has 0 aliphatic heterocycles. The van der Waals surface area contributed by atoms with Crippen LogP contribution in [0.25, 0.3) is 0 Å². The molecule has 0 saturated heterocycles. The Kier molecular flexibility index (Phi) is 5.13. The van der Waals surface area contributed by atoms with Gasteiger partial charge in [-0.3, -0.25) is 4.79 Å². The van der Waals surface area contributed by atoms with Gasteiger partial charge in [0, 0.05) is 5.03 Å². The van der Waals surface area contributed by atoms with Crippen LogP contribution in [0.2, 0.25) is 0 Å². The van der Waals surface area contributed by atoms with Crippen LogP contribution in [0.15, 0.2) is 35.9 Å². The van der Waals surface area contributed by atoms with Gasteiger partial charge in [0.1, 0.15) is 0 Å². The fourth-order valence-electron chi connectivity index (χ4n) is 0.551. The smallest absolute Gasteiger partial charge is 0.207 e. The molecular weight excluding hydrogens is 174 g/mol. The van der Waals surface area contributed by atoms with Crippen LogP contribution in [0.1, 0.15) is 6.92 Å². The molecule has 0 heterocycles. The van der Waals surface area contributed by atoms with Crippen molar-refractivity contribution in [1.82, 2.24) is 5.32 Å². The molecule has 12 heavy (non-hydrogen) atoms. The maximum absolute atomic E-state index is 10.0. The molecule has 0 bridgehead atoms. The standard InChI is InChI=1S/C9H12ClNO/c1-7(4-5-8(2)10)9(3)11-6-12/h4-6,9H,1-2H2,3H3,(H,11,12)/b5-4-/t9-/m1/s1. The molecule has 1 N–H and O–H groups in total. The van der Waals surface area contributed by atoms with Crippen molar-refractivity contribution in [2.45, 2.75) is 13.0 Å². The number of allylic oxidation sites excluding steroid dienone is 2. The highest BCUT2D eigenvalue weighted by atomic mass is 35.5. The normalized spacial score (nSPS) is 12.5. The van der Waals surface area contributed by atoms with E-state index in [4.69, 9.17) is 11.6 Å². The lowest BCUT2D eigenvalue weighted by Gasteiger charge is -2.08. The van der Waals surface area contributed by atoms with Crippen molar-refractivity contribution in [2.75, 3.05) is 0 Å². The van der Waals surface area contributed by atoms with Crippen LogP contribution < -0.4 is 5.32 Å². The molecule has 0 aliphatic carbocycles. The molecule has 0 saturated carbocycles. The molecule has 0 aromatic carbocycles. The summed E-state index contributed by atoms with van der Waals surface area (Å²) >= 11 is 5.49. The Balaban J connectivity index is 4.02. The molecule has 1 atom stereocenters. The van der Waals surface area contributed by atoms with E-state index in [9.17, 15) is 4.79 Å². The summed E-state index contributed by atoms with van der Waals surface area (Å²) < 4.78 is 0. The van der Waals surface area contributed by atoms with Crippen molar-refractivity contribution in [2.24, 2.45) is 0 Å². The summed E-state index contributed by atoms with van der Waals surface area (Å²) in [5, 5.41) is 3.00. The molecule has 0 aliphatic rings. The van der Waals surface area contributed by atoms with Crippen LogP contribution in [0.5, 0.6) is 0 Å². The second-order valence-electron chi connectivity index (χ2n) is 2.36. The van der Waals surface area contributed by atoms with Crippen molar-refractivity contribution in [3.63, 3.8) is 0 Å². The van der Waals surface area contributed by atoms with Gasteiger partial charge < -0.3 is 5.32 Å². The molecule has 0 unspecified atom stereocenters. The van der Waals surface area contributed by atoms with Gasteiger partial charge in [0.15, 0.2) is 0 Å². The molecule has 2 nitrogen and oxygen atoms in total. The van der Waals surface area contributed by atoms with E-state index in [0.717, 1.165) is 5.57 Å². The van der Waals surface area contributed by atoms with E-state index < -0.39 is 0 Å². The maximum atomic E-state index is 10.0. The zero-order valence-electron chi connectivity index (χ0n) is 7.01. The fourth-order valence-corrected chi connectivity index (χ4v) is 0.614. The first-order valence-corrected chi connectivity index (χ1v) is 3.86. The summed E-state index contributed by atoms with van der Waals surface area (Å²) in [4.78, 5) is 10.0. The van der Waals surface area contributed by atoms with Crippen LogP contribution in [0, 0.1) is 0 Å². The number of halogens is 1. The Morgan fingerprint density at radius 1 is 1.50 bits per heavy atom. The minimum atomic E-state index is -0.0743. The number of amides is 1. The monoisotopic (exact) mass is 185 g/mol. The fraction of sp³-hybridized carbons (Fsp3) is 0.222. The van der Waals surface area contributed by atoms with Gasteiger partial charge in [0.2, 0.25) is 6.41 Å². The minimum Gasteiger partial charge on any atom is -0.352 e. The second-order valence-corrected chi connectivity index (χ2v) is 2.85. The molecule has 0 spiro atoms. The van der Waals surface area contributed by atoms with Crippen LogP contribution in [0.3, 0.4) is 0 Å². The van der Waals surface area contributed by atoms with Crippen molar-refractivity contribution in [1.29, 1.82) is 0 Å². The van der Waals surface area contributed by atoms with Crippen LogP contribution in [-0.4, -0.2) is 12.5 Å². The van der Waals surface area contributed by atoms with Gasteiger partial charge in [-0.2, -0.15) is 0 Å². The average molecular weight is 186 g/mol. The van der Waals surface area contributed by atoms with E-state index in [1.54, 1.807) is 12.2 Å². The Morgan fingerprint density at radius 2 is 2.08 bits per heavy atom. The van der Waals surface area contributed by atoms with Gasteiger partial charge in [0.05, 0.1) is 6.04 Å². The van der Waals surface area contributed by atoms with E-state index in [1.807, 2.05) is 6.92 Å². The third-order valence-corrected chi connectivity index (χ3v) is 1.48. The summed E-state index contributed by atoms with van der Waals surface area (Å²) in [6.45, 7) is 9.05. The highest BCUT2D eigenvalue weighted by molar-refractivity contribution is 6.30. The van der Waals surface area contributed by atoms with Gasteiger partial charge >= 0.3 is 0 Å². The lowest BCUT2D eigenvalue weighted by molar-refractivity contribution is -0.109. The predicted octanol–water partition coefficient (Wildman–Crippen LogP) is 1.99. The molecule has 3 heteroatoms. The zero-order chi connectivity index (χ0) is 9.56. The third kappa shape index (κ3) is 4.74. The molecular formula is C9H12ClNO. The number of carbonyl (C=O) groups excluding carboxylic acids is 1. The first kappa shape index (κ1) is 11.0. The zero-order valence-corrected chi connectivity index (χ0v) is 7.77. The predicted molar refractivity (Wildman–Crippen MR) is 51.9 cm³/mol. The Morgan fingerprint density at radius 3 is 2.50 bits per heavy atom. The molecule has 0 radical (unpaired) electrons. The molecule has 66 valence electrons. The SMILES string of the molecule is C=C(Cl)/C=C\C(=C)[C@@H](C)NC=O. The first-order valence-electron chi connectivity index (χ1n) is 3.49. The quantitative estimate of drug-likeness (QED) is 0.515. The molecule has 0 fully saturated rings. The number of nitrogens with one attached hydrogen (secondary N) is 1. The van der Waals surface area contributed by atoms with E-state index in [2.05, 4.69) is 18.5 Å². The Labute approximate surface area is 77.6 Å². The molecule has 1 amide bonds. The van der Waals surface area contributed by atoms with Crippen molar-refractivity contribution < 1.29 is 4.79 Å². The van der Waals surface area contributed by atoms with Crippen molar-refractivity contribution in [3.8, 4) is 0 Å². The maximum Gasteiger partial charge on any atom is 0.207 e. The molecule has 0 rings (SSSR count). The van der Waals surface area contributed by atoms with E-state index in [1.165, 1.54) is 0 Å².